The zero-order valence-corrected chi connectivity index (χ0v) is 13.4. The predicted octanol–water partition coefficient (Wildman–Crippen LogP) is 4.38. The molecular formula is C18H13FN4S. The van der Waals surface area contributed by atoms with Gasteiger partial charge in [-0.05, 0) is 24.3 Å². The van der Waals surface area contributed by atoms with Gasteiger partial charge in [-0.25, -0.2) is 9.37 Å². The van der Waals surface area contributed by atoms with E-state index in [4.69, 9.17) is 5.73 Å². The van der Waals surface area contributed by atoms with Crippen LogP contribution in [0.2, 0.25) is 0 Å². The number of hydrogen-bond acceptors (Lipinski definition) is 4. The van der Waals surface area contributed by atoms with Gasteiger partial charge >= 0.3 is 0 Å². The maximum absolute atomic E-state index is 13.1. The fourth-order valence-corrected chi connectivity index (χ4v) is 3.22. The SMILES string of the molecule is Nc1cc(-c2ccc(F)cc2)nn1-c1nc(-c2ccccc2)cs1. The fraction of sp³-hybridized carbons (Fsp3) is 0. The summed E-state index contributed by atoms with van der Waals surface area (Å²) in [6, 6.07) is 17.9. The summed E-state index contributed by atoms with van der Waals surface area (Å²) in [6.07, 6.45) is 0. The molecule has 0 saturated carbocycles. The number of rotatable bonds is 3. The van der Waals surface area contributed by atoms with Gasteiger partial charge in [0.2, 0.25) is 5.13 Å². The van der Waals surface area contributed by atoms with E-state index < -0.39 is 0 Å². The first-order valence-electron chi connectivity index (χ1n) is 7.33. The van der Waals surface area contributed by atoms with Gasteiger partial charge in [-0.15, -0.1) is 11.3 Å². The van der Waals surface area contributed by atoms with Crippen LogP contribution in [0.15, 0.2) is 66.0 Å². The van der Waals surface area contributed by atoms with Crippen molar-refractivity contribution in [2.45, 2.75) is 0 Å². The minimum Gasteiger partial charge on any atom is -0.383 e. The number of aromatic nitrogens is 3. The summed E-state index contributed by atoms with van der Waals surface area (Å²) in [5.74, 6) is 0.210. The van der Waals surface area contributed by atoms with Crippen LogP contribution in [0, 0.1) is 5.82 Å². The van der Waals surface area contributed by atoms with Crippen LogP contribution < -0.4 is 5.73 Å². The lowest BCUT2D eigenvalue weighted by Crippen LogP contribution is -2.01. The molecule has 118 valence electrons. The molecule has 2 N–H and O–H groups in total. The number of nitrogens with zero attached hydrogens (tertiary/aromatic N) is 3. The van der Waals surface area contributed by atoms with Gasteiger partial charge < -0.3 is 5.73 Å². The number of halogens is 1. The molecule has 0 radical (unpaired) electrons. The third-order valence-electron chi connectivity index (χ3n) is 3.62. The Morgan fingerprint density at radius 2 is 1.62 bits per heavy atom. The standard InChI is InChI=1S/C18H13FN4S/c19-14-8-6-13(7-9-14)15-10-17(20)23(22-15)18-21-16(11-24-18)12-4-2-1-3-5-12/h1-11H,20H2. The molecule has 0 spiro atoms. The maximum atomic E-state index is 13.1. The average Bonchev–Trinajstić information content (AvgIpc) is 3.23. The molecule has 4 aromatic rings. The molecule has 0 saturated heterocycles. The highest BCUT2D eigenvalue weighted by Gasteiger charge is 2.12. The number of hydrogen-bond donors (Lipinski definition) is 1. The van der Waals surface area contributed by atoms with Crippen LogP contribution in [-0.2, 0) is 0 Å². The Morgan fingerprint density at radius 3 is 2.38 bits per heavy atom. The normalized spacial score (nSPS) is 10.9. The number of nitrogens with two attached hydrogens (primary N) is 1. The van der Waals surface area contributed by atoms with Gasteiger partial charge in [-0.2, -0.15) is 9.78 Å². The molecule has 0 aliphatic rings. The van der Waals surface area contributed by atoms with Gasteiger partial charge in [-0.3, -0.25) is 0 Å². The second-order valence-electron chi connectivity index (χ2n) is 5.25. The summed E-state index contributed by atoms with van der Waals surface area (Å²) in [4.78, 5) is 4.61. The first-order valence-corrected chi connectivity index (χ1v) is 8.21. The highest BCUT2D eigenvalue weighted by molar-refractivity contribution is 7.12. The molecule has 4 nitrogen and oxygen atoms in total. The van der Waals surface area contributed by atoms with Crippen molar-refractivity contribution in [3.63, 3.8) is 0 Å². The Balaban J connectivity index is 1.70. The predicted molar refractivity (Wildman–Crippen MR) is 94.5 cm³/mol. The highest BCUT2D eigenvalue weighted by Crippen LogP contribution is 2.27. The van der Waals surface area contributed by atoms with Gasteiger partial charge in [0.25, 0.3) is 0 Å². The van der Waals surface area contributed by atoms with E-state index in [0.717, 1.165) is 16.8 Å². The lowest BCUT2D eigenvalue weighted by Gasteiger charge is -1.98. The maximum Gasteiger partial charge on any atom is 0.212 e. The van der Waals surface area contributed by atoms with Crippen LogP contribution in [0.5, 0.6) is 0 Å². The van der Waals surface area contributed by atoms with E-state index in [1.807, 2.05) is 35.7 Å². The average molecular weight is 336 g/mol. The van der Waals surface area contributed by atoms with Crippen LogP contribution in [0.3, 0.4) is 0 Å². The van der Waals surface area contributed by atoms with E-state index in [2.05, 4.69) is 10.1 Å². The van der Waals surface area contributed by atoms with Crippen molar-refractivity contribution in [3.05, 3.63) is 71.9 Å². The number of nitrogen functional groups attached to an aromatic ring is 1. The van der Waals surface area contributed by atoms with Crippen molar-refractivity contribution in [1.82, 2.24) is 14.8 Å². The Labute approximate surface area is 142 Å². The van der Waals surface area contributed by atoms with Crippen LogP contribution in [0.1, 0.15) is 0 Å². The Kier molecular flexibility index (Phi) is 3.59. The molecule has 0 aliphatic carbocycles. The molecule has 0 amide bonds. The van der Waals surface area contributed by atoms with Gasteiger partial charge in [0.15, 0.2) is 0 Å². The molecule has 0 bridgehead atoms. The molecule has 4 rings (SSSR count). The zero-order chi connectivity index (χ0) is 16.5. The Morgan fingerprint density at radius 1 is 0.917 bits per heavy atom. The van der Waals surface area contributed by atoms with E-state index in [0.29, 0.717) is 16.6 Å². The Hall–Kier alpha value is -2.99. The van der Waals surface area contributed by atoms with Crippen LogP contribution in [-0.4, -0.2) is 14.8 Å². The van der Waals surface area contributed by atoms with Gasteiger partial charge in [0.1, 0.15) is 11.6 Å². The third kappa shape index (κ3) is 2.68. The largest absolute Gasteiger partial charge is 0.383 e. The minimum absolute atomic E-state index is 0.279. The lowest BCUT2D eigenvalue weighted by molar-refractivity contribution is 0.628. The van der Waals surface area contributed by atoms with E-state index in [-0.39, 0.29) is 5.82 Å². The molecule has 6 heteroatoms. The molecule has 0 atom stereocenters. The topological polar surface area (TPSA) is 56.7 Å². The molecule has 24 heavy (non-hydrogen) atoms. The first-order chi connectivity index (χ1) is 11.7. The first kappa shape index (κ1) is 14.6. The third-order valence-corrected chi connectivity index (χ3v) is 4.44. The van der Waals surface area contributed by atoms with E-state index in [1.165, 1.54) is 23.5 Å². The smallest absolute Gasteiger partial charge is 0.212 e. The minimum atomic E-state index is -0.279. The molecule has 2 heterocycles. The van der Waals surface area contributed by atoms with Crippen molar-refractivity contribution in [3.8, 4) is 27.6 Å². The summed E-state index contributed by atoms with van der Waals surface area (Å²) < 4.78 is 14.7. The van der Waals surface area contributed by atoms with Crippen molar-refractivity contribution in [2.75, 3.05) is 5.73 Å². The van der Waals surface area contributed by atoms with Gasteiger partial charge in [0.05, 0.1) is 11.4 Å². The highest BCUT2D eigenvalue weighted by atomic mass is 32.1. The molecule has 2 aromatic carbocycles. The monoisotopic (exact) mass is 336 g/mol. The summed E-state index contributed by atoms with van der Waals surface area (Å²) in [7, 11) is 0. The van der Waals surface area contributed by atoms with Gasteiger partial charge in [0, 0.05) is 22.6 Å². The van der Waals surface area contributed by atoms with Crippen LogP contribution >= 0.6 is 11.3 Å². The summed E-state index contributed by atoms with van der Waals surface area (Å²) >= 11 is 1.47. The van der Waals surface area contributed by atoms with Crippen molar-refractivity contribution >= 4 is 17.2 Å². The lowest BCUT2D eigenvalue weighted by atomic mass is 10.1. The van der Waals surface area contributed by atoms with Crippen molar-refractivity contribution < 1.29 is 4.39 Å². The Bertz CT molecular complexity index is 974. The van der Waals surface area contributed by atoms with Gasteiger partial charge in [-0.1, -0.05) is 30.3 Å². The summed E-state index contributed by atoms with van der Waals surface area (Å²) in [5, 5.41) is 7.17. The van der Waals surface area contributed by atoms with Crippen molar-refractivity contribution in [1.29, 1.82) is 0 Å². The van der Waals surface area contributed by atoms with Crippen molar-refractivity contribution in [2.24, 2.45) is 0 Å². The quantitative estimate of drug-likeness (QED) is 0.604. The molecule has 2 aromatic heterocycles. The zero-order valence-electron chi connectivity index (χ0n) is 12.6. The second-order valence-corrected chi connectivity index (χ2v) is 6.09. The van der Waals surface area contributed by atoms with Crippen LogP contribution in [0.4, 0.5) is 10.2 Å². The molecule has 0 unspecified atom stereocenters. The molecule has 0 aliphatic heterocycles. The van der Waals surface area contributed by atoms with E-state index in [1.54, 1.807) is 22.9 Å². The second kappa shape index (κ2) is 5.90. The van der Waals surface area contributed by atoms with E-state index in [9.17, 15) is 4.39 Å². The summed E-state index contributed by atoms with van der Waals surface area (Å²) in [6.45, 7) is 0. The number of anilines is 1. The number of thiazole rings is 1. The summed E-state index contributed by atoms with van der Waals surface area (Å²) in [5.41, 5.74) is 9.50. The molecular weight excluding hydrogens is 323 g/mol. The molecule has 0 fully saturated rings. The fourth-order valence-electron chi connectivity index (χ4n) is 2.41. The number of benzene rings is 2. The van der Waals surface area contributed by atoms with Crippen LogP contribution in [0.25, 0.3) is 27.6 Å². The van der Waals surface area contributed by atoms with E-state index >= 15 is 0 Å².